The van der Waals surface area contributed by atoms with Crippen molar-refractivity contribution in [2.24, 2.45) is 0 Å². The standard InChI is InChI=1S/C16H25ClN2O2/c1-16(2,3)19-10-8-18(9-11-19)15(20)12-21-14-6-4-13(17)5-7-14/h4,6H,5,7-12H2,1-3H3. The molecule has 2 aliphatic rings. The average molecular weight is 313 g/mol. The van der Waals surface area contributed by atoms with Crippen molar-refractivity contribution in [3.8, 4) is 0 Å². The van der Waals surface area contributed by atoms with Gasteiger partial charge in [0.2, 0.25) is 0 Å². The Kier molecular flexibility index (Phi) is 5.33. The molecule has 5 heteroatoms. The minimum Gasteiger partial charge on any atom is -0.488 e. The highest BCUT2D eigenvalue weighted by atomic mass is 35.5. The van der Waals surface area contributed by atoms with Crippen LogP contribution in [-0.2, 0) is 9.53 Å². The van der Waals surface area contributed by atoms with E-state index in [0.717, 1.165) is 49.8 Å². The van der Waals surface area contributed by atoms with Crippen molar-refractivity contribution in [1.29, 1.82) is 0 Å². The molecular weight excluding hydrogens is 288 g/mol. The topological polar surface area (TPSA) is 32.8 Å². The van der Waals surface area contributed by atoms with Gasteiger partial charge < -0.3 is 9.64 Å². The Morgan fingerprint density at radius 3 is 2.38 bits per heavy atom. The zero-order valence-electron chi connectivity index (χ0n) is 13.2. The molecular formula is C16H25ClN2O2. The van der Waals surface area contributed by atoms with E-state index in [2.05, 4.69) is 25.7 Å². The van der Waals surface area contributed by atoms with Gasteiger partial charge in [-0.05, 0) is 39.3 Å². The fraction of sp³-hybridized carbons (Fsp3) is 0.688. The highest BCUT2D eigenvalue weighted by molar-refractivity contribution is 6.29. The van der Waals surface area contributed by atoms with Crippen molar-refractivity contribution < 1.29 is 9.53 Å². The molecule has 1 aliphatic carbocycles. The van der Waals surface area contributed by atoms with E-state index in [1.54, 1.807) is 0 Å². The van der Waals surface area contributed by atoms with E-state index in [9.17, 15) is 4.79 Å². The second-order valence-corrected chi connectivity index (χ2v) is 7.06. The Morgan fingerprint density at radius 1 is 1.19 bits per heavy atom. The number of piperazine rings is 1. The van der Waals surface area contributed by atoms with Gasteiger partial charge >= 0.3 is 0 Å². The maximum Gasteiger partial charge on any atom is 0.260 e. The molecule has 2 rings (SSSR count). The molecule has 0 saturated carbocycles. The Bertz CT molecular complexity index is 444. The number of hydrogen-bond donors (Lipinski definition) is 0. The molecule has 1 heterocycles. The molecule has 1 fully saturated rings. The molecule has 0 aromatic rings. The first kappa shape index (κ1) is 16.4. The van der Waals surface area contributed by atoms with Crippen LogP contribution >= 0.6 is 11.6 Å². The van der Waals surface area contributed by atoms with Crippen LogP contribution in [0.25, 0.3) is 0 Å². The van der Waals surface area contributed by atoms with Crippen molar-refractivity contribution in [3.05, 3.63) is 22.9 Å². The largest absolute Gasteiger partial charge is 0.488 e. The molecule has 1 saturated heterocycles. The Morgan fingerprint density at radius 2 is 1.86 bits per heavy atom. The summed E-state index contributed by atoms with van der Waals surface area (Å²) in [7, 11) is 0. The maximum atomic E-state index is 12.2. The summed E-state index contributed by atoms with van der Waals surface area (Å²) in [6, 6.07) is 0. The van der Waals surface area contributed by atoms with Crippen LogP contribution in [0.3, 0.4) is 0 Å². The minimum atomic E-state index is 0.0742. The second kappa shape index (κ2) is 6.84. The van der Waals surface area contributed by atoms with E-state index in [4.69, 9.17) is 16.3 Å². The molecule has 0 radical (unpaired) electrons. The lowest BCUT2D eigenvalue weighted by atomic mass is 10.1. The van der Waals surface area contributed by atoms with Gasteiger partial charge in [-0.3, -0.25) is 9.69 Å². The van der Waals surface area contributed by atoms with Gasteiger partial charge in [0.1, 0.15) is 0 Å². The van der Waals surface area contributed by atoms with Gasteiger partial charge in [0.15, 0.2) is 6.61 Å². The van der Waals surface area contributed by atoms with Crippen LogP contribution in [0, 0.1) is 0 Å². The first-order chi connectivity index (χ1) is 9.86. The van der Waals surface area contributed by atoms with Crippen LogP contribution in [0.4, 0.5) is 0 Å². The highest BCUT2D eigenvalue weighted by Gasteiger charge is 2.27. The predicted molar refractivity (Wildman–Crippen MR) is 85.1 cm³/mol. The maximum absolute atomic E-state index is 12.2. The minimum absolute atomic E-state index is 0.0742. The number of rotatable bonds is 3. The molecule has 0 aromatic carbocycles. The molecule has 4 nitrogen and oxygen atoms in total. The quantitative estimate of drug-likeness (QED) is 0.803. The van der Waals surface area contributed by atoms with Crippen molar-refractivity contribution >= 4 is 17.5 Å². The predicted octanol–water partition coefficient (Wildman–Crippen LogP) is 2.75. The number of hydrogen-bond acceptors (Lipinski definition) is 3. The Balaban J connectivity index is 1.75. The van der Waals surface area contributed by atoms with E-state index in [0.29, 0.717) is 0 Å². The summed E-state index contributed by atoms with van der Waals surface area (Å²) >= 11 is 5.90. The second-order valence-electron chi connectivity index (χ2n) is 6.57. The molecule has 0 bridgehead atoms. The summed E-state index contributed by atoms with van der Waals surface area (Å²) < 4.78 is 5.59. The molecule has 0 aromatic heterocycles. The molecule has 0 N–H and O–H groups in total. The third-order valence-corrected chi connectivity index (χ3v) is 4.34. The van der Waals surface area contributed by atoms with Gasteiger partial charge in [-0.1, -0.05) is 11.6 Å². The lowest BCUT2D eigenvalue weighted by molar-refractivity contribution is -0.137. The highest BCUT2D eigenvalue weighted by Crippen LogP contribution is 2.21. The van der Waals surface area contributed by atoms with Crippen molar-refractivity contribution in [3.63, 3.8) is 0 Å². The number of halogens is 1. The van der Waals surface area contributed by atoms with Crippen molar-refractivity contribution in [1.82, 2.24) is 9.80 Å². The summed E-state index contributed by atoms with van der Waals surface area (Å²) in [4.78, 5) is 16.5. The van der Waals surface area contributed by atoms with E-state index < -0.39 is 0 Å². The molecule has 1 aliphatic heterocycles. The van der Waals surface area contributed by atoms with E-state index in [1.807, 2.05) is 17.1 Å². The van der Waals surface area contributed by atoms with Crippen LogP contribution in [0.5, 0.6) is 0 Å². The van der Waals surface area contributed by atoms with E-state index in [1.165, 1.54) is 0 Å². The smallest absolute Gasteiger partial charge is 0.260 e. The SMILES string of the molecule is CC(C)(C)N1CCN(C(=O)COC2=CC=C(Cl)CC2)CC1. The van der Waals surface area contributed by atoms with Crippen molar-refractivity contribution in [2.45, 2.75) is 39.2 Å². The van der Waals surface area contributed by atoms with Gasteiger partial charge in [-0.25, -0.2) is 0 Å². The van der Waals surface area contributed by atoms with Crippen molar-refractivity contribution in [2.75, 3.05) is 32.8 Å². The normalized spacial score (nSPS) is 20.9. The van der Waals surface area contributed by atoms with Crippen LogP contribution in [-0.4, -0.2) is 54.0 Å². The first-order valence-electron chi connectivity index (χ1n) is 7.57. The summed E-state index contributed by atoms with van der Waals surface area (Å²) in [5, 5.41) is 0.840. The first-order valence-corrected chi connectivity index (χ1v) is 7.95. The zero-order valence-corrected chi connectivity index (χ0v) is 13.9. The Labute approximate surface area is 132 Å². The molecule has 0 atom stereocenters. The van der Waals surface area contributed by atoms with E-state index in [-0.39, 0.29) is 18.1 Å². The average Bonchev–Trinajstić information content (AvgIpc) is 2.45. The number of amides is 1. The monoisotopic (exact) mass is 312 g/mol. The molecule has 21 heavy (non-hydrogen) atoms. The lowest BCUT2D eigenvalue weighted by Crippen LogP contribution is -2.55. The zero-order chi connectivity index (χ0) is 15.5. The fourth-order valence-corrected chi connectivity index (χ4v) is 2.74. The van der Waals surface area contributed by atoms with E-state index >= 15 is 0 Å². The Hall–Kier alpha value is -1.00. The number of carbonyl (C=O) groups is 1. The third kappa shape index (κ3) is 4.75. The molecule has 0 unspecified atom stereocenters. The fourth-order valence-electron chi connectivity index (χ4n) is 2.59. The number of ether oxygens (including phenoxy) is 1. The van der Waals surface area contributed by atoms with Gasteiger partial charge in [0.25, 0.3) is 5.91 Å². The van der Waals surface area contributed by atoms with Gasteiger partial charge in [0, 0.05) is 43.2 Å². The van der Waals surface area contributed by atoms with Crippen LogP contribution in [0.15, 0.2) is 22.9 Å². The van der Waals surface area contributed by atoms with Gasteiger partial charge in [0.05, 0.1) is 5.76 Å². The lowest BCUT2D eigenvalue weighted by Gasteiger charge is -2.42. The summed E-state index contributed by atoms with van der Waals surface area (Å²) in [6.07, 6.45) is 5.27. The molecule has 1 amide bonds. The third-order valence-electron chi connectivity index (χ3n) is 4.02. The number of nitrogens with zero attached hydrogens (tertiary/aromatic N) is 2. The summed E-state index contributed by atoms with van der Waals surface area (Å²) in [5.41, 5.74) is 0.171. The van der Waals surface area contributed by atoms with Crippen LogP contribution < -0.4 is 0 Å². The number of carbonyl (C=O) groups excluding carboxylic acids is 1. The molecule has 0 spiro atoms. The van der Waals surface area contributed by atoms with Gasteiger partial charge in [-0.2, -0.15) is 0 Å². The summed E-state index contributed by atoms with van der Waals surface area (Å²) in [5.74, 6) is 0.922. The molecule has 118 valence electrons. The van der Waals surface area contributed by atoms with Crippen LogP contribution in [0.2, 0.25) is 0 Å². The van der Waals surface area contributed by atoms with Crippen LogP contribution in [0.1, 0.15) is 33.6 Å². The summed E-state index contributed by atoms with van der Waals surface area (Å²) in [6.45, 7) is 10.2. The number of allylic oxidation sites excluding steroid dienone is 4. The van der Waals surface area contributed by atoms with Gasteiger partial charge in [-0.15, -0.1) is 0 Å².